The molecule has 0 aromatic heterocycles. The number of carboxylic acids is 1. The Hall–Kier alpha value is -1.26. The van der Waals surface area contributed by atoms with Crippen LogP contribution in [0.25, 0.3) is 0 Å². The first-order chi connectivity index (χ1) is 8.45. The first-order valence-corrected chi connectivity index (χ1v) is 6.68. The lowest BCUT2D eigenvalue weighted by Gasteiger charge is -2.29. The molecule has 5 nitrogen and oxygen atoms in total. The molecule has 0 aliphatic heterocycles. The van der Waals surface area contributed by atoms with Gasteiger partial charge in [-0.2, -0.15) is 0 Å². The van der Waals surface area contributed by atoms with Gasteiger partial charge in [-0.25, -0.2) is 4.79 Å². The van der Waals surface area contributed by atoms with Crippen LogP contribution in [0.3, 0.4) is 0 Å². The molecular weight excluding hydrogens is 232 g/mol. The third kappa shape index (κ3) is 4.55. The first-order valence-electron chi connectivity index (χ1n) is 6.68. The number of nitrogens with zero attached hydrogens (tertiary/aromatic N) is 2. The maximum Gasteiger partial charge on any atom is 0.319 e. The van der Waals surface area contributed by atoms with Crippen LogP contribution in [-0.2, 0) is 4.79 Å². The highest BCUT2D eigenvalue weighted by Crippen LogP contribution is 2.30. The molecule has 0 spiro atoms. The van der Waals surface area contributed by atoms with Crippen molar-refractivity contribution >= 4 is 12.0 Å². The molecule has 0 radical (unpaired) electrons. The maximum atomic E-state index is 12.2. The van der Waals surface area contributed by atoms with Crippen molar-refractivity contribution in [2.45, 2.75) is 33.1 Å². The molecule has 1 rings (SSSR count). The first kappa shape index (κ1) is 14.8. The molecule has 1 fully saturated rings. The molecule has 1 N–H and O–H groups in total. The lowest BCUT2D eigenvalue weighted by molar-refractivity contribution is -0.141. The molecular formula is C13H24N2O3. The summed E-state index contributed by atoms with van der Waals surface area (Å²) in [6, 6.07) is -0.0446. The van der Waals surface area contributed by atoms with Crippen LogP contribution in [0.15, 0.2) is 0 Å². The van der Waals surface area contributed by atoms with Crippen LogP contribution in [-0.4, -0.2) is 53.6 Å². The lowest BCUT2D eigenvalue weighted by atomic mass is 10.2. The van der Waals surface area contributed by atoms with E-state index < -0.39 is 11.9 Å². The fraction of sp³-hybridized carbons (Fsp3) is 0.846. The van der Waals surface area contributed by atoms with Gasteiger partial charge in [0.2, 0.25) is 0 Å². The summed E-state index contributed by atoms with van der Waals surface area (Å²) in [5.41, 5.74) is 0. The maximum absolute atomic E-state index is 12.2. The van der Waals surface area contributed by atoms with Crippen LogP contribution in [0, 0.1) is 11.8 Å². The van der Waals surface area contributed by atoms with Gasteiger partial charge < -0.3 is 14.9 Å². The number of hydrogen-bond acceptors (Lipinski definition) is 2. The number of urea groups is 1. The summed E-state index contributed by atoms with van der Waals surface area (Å²) in [6.45, 7) is 5.50. The highest BCUT2D eigenvalue weighted by Gasteiger charge is 2.28. The van der Waals surface area contributed by atoms with Crippen molar-refractivity contribution < 1.29 is 14.7 Å². The summed E-state index contributed by atoms with van der Waals surface area (Å²) in [5, 5.41) is 8.86. The van der Waals surface area contributed by atoms with Gasteiger partial charge in [0.25, 0.3) is 0 Å². The molecule has 2 amide bonds. The Balaban J connectivity index is 2.49. The van der Waals surface area contributed by atoms with E-state index in [4.69, 9.17) is 5.11 Å². The standard InChI is InChI=1S/C13H24N2O3/c1-4-7-15(9-11-5-6-11)13(18)14(3)8-10(2)12(16)17/h10-11H,4-9H2,1-3H3,(H,16,17). The van der Waals surface area contributed by atoms with Crippen LogP contribution in [0.2, 0.25) is 0 Å². The minimum atomic E-state index is -0.862. The van der Waals surface area contributed by atoms with E-state index in [0.717, 1.165) is 19.5 Å². The van der Waals surface area contributed by atoms with E-state index in [1.54, 1.807) is 14.0 Å². The second-order valence-electron chi connectivity index (χ2n) is 5.29. The van der Waals surface area contributed by atoms with Gasteiger partial charge in [0, 0.05) is 26.7 Å². The second-order valence-corrected chi connectivity index (χ2v) is 5.29. The van der Waals surface area contributed by atoms with Crippen LogP contribution < -0.4 is 0 Å². The van der Waals surface area contributed by atoms with E-state index in [9.17, 15) is 9.59 Å². The largest absolute Gasteiger partial charge is 0.481 e. The third-order valence-electron chi connectivity index (χ3n) is 3.24. The molecule has 1 saturated carbocycles. The van der Waals surface area contributed by atoms with Crippen molar-refractivity contribution in [3.05, 3.63) is 0 Å². The average Bonchev–Trinajstić information content (AvgIpc) is 3.11. The van der Waals surface area contributed by atoms with E-state index in [-0.39, 0.29) is 12.6 Å². The Labute approximate surface area is 109 Å². The topological polar surface area (TPSA) is 60.9 Å². The van der Waals surface area contributed by atoms with Crippen molar-refractivity contribution in [3.63, 3.8) is 0 Å². The number of hydrogen-bond donors (Lipinski definition) is 1. The van der Waals surface area contributed by atoms with Crippen molar-refractivity contribution in [1.82, 2.24) is 9.80 Å². The van der Waals surface area contributed by atoms with E-state index in [2.05, 4.69) is 0 Å². The van der Waals surface area contributed by atoms with Crippen LogP contribution in [0.4, 0.5) is 4.79 Å². The van der Waals surface area contributed by atoms with Gasteiger partial charge in [0.15, 0.2) is 0 Å². The molecule has 1 aliphatic carbocycles. The highest BCUT2D eigenvalue weighted by atomic mass is 16.4. The van der Waals surface area contributed by atoms with Gasteiger partial charge in [0.1, 0.15) is 0 Å². The quantitative estimate of drug-likeness (QED) is 0.756. The summed E-state index contributed by atoms with van der Waals surface area (Å²) >= 11 is 0. The summed E-state index contributed by atoms with van der Waals surface area (Å²) < 4.78 is 0. The van der Waals surface area contributed by atoms with E-state index >= 15 is 0 Å². The predicted molar refractivity (Wildman–Crippen MR) is 69.4 cm³/mol. The Morgan fingerprint density at radius 3 is 2.44 bits per heavy atom. The Kier molecular flexibility index (Phi) is 5.44. The third-order valence-corrected chi connectivity index (χ3v) is 3.24. The Morgan fingerprint density at radius 1 is 1.39 bits per heavy atom. The molecule has 1 aliphatic rings. The molecule has 0 bridgehead atoms. The monoisotopic (exact) mass is 256 g/mol. The normalized spacial score (nSPS) is 16.2. The van der Waals surface area contributed by atoms with E-state index in [0.29, 0.717) is 5.92 Å². The minimum absolute atomic E-state index is 0.0446. The Morgan fingerprint density at radius 2 is 2.00 bits per heavy atom. The number of rotatable bonds is 7. The summed E-state index contributed by atoms with van der Waals surface area (Å²) in [7, 11) is 1.68. The van der Waals surface area contributed by atoms with Crippen molar-refractivity contribution in [2.75, 3.05) is 26.7 Å². The molecule has 1 unspecified atom stereocenters. The smallest absolute Gasteiger partial charge is 0.319 e. The molecule has 0 heterocycles. The molecule has 0 aromatic rings. The molecule has 1 atom stereocenters. The van der Waals surface area contributed by atoms with Gasteiger partial charge in [-0.05, 0) is 25.2 Å². The highest BCUT2D eigenvalue weighted by molar-refractivity contribution is 5.76. The van der Waals surface area contributed by atoms with Crippen molar-refractivity contribution in [1.29, 1.82) is 0 Å². The van der Waals surface area contributed by atoms with Crippen LogP contribution in [0.1, 0.15) is 33.1 Å². The molecule has 104 valence electrons. The number of carbonyl (C=O) groups is 2. The number of aliphatic carboxylic acids is 1. The van der Waals surface area contributed by atoms with Gasteiger partial charge in [-0.15, -0.1) is 0 Å². The SMILES string of the molecule is CCCN(CC1CC1)C(=O)N(C)CC(C)C(=O)O. The van der Waals surface area contributed by atoms with Crippen molar-refractivity contribution in [2.24, 2.45) is 11.8 Å². The van der Waals surface area contributed by atoms with Gasteiger partial charge in [0.05, 0.1) is 5.92 Å². The minimum Gasteiger partial charge on any atom is -0.481 e. The molecule has 18 heavy (non-hydrogen) atoms. The van der Waals surface area contributed by atoms with Gasteiger partial charge in [-0.3, -0.25) is 4.79 Å². The molecule has 5 heteroatoms. The second kappa shape index (κ2) is 6.61. The molecule has 0 aromatic carbocycles. The zero-order valence-corrected chi connectivity index (χ0v) is 11.6. The van der Waals surface area contributed by atoms with Crippen molar-refractivity contribution in [3.8, 4) is 0 Å². The Bertz CT molecular complexity index is 303. The summed E-state index contributed by atoms with van der Waals surface area (Å²) in [5.74, 6) is -0.729. The number of carbonyl (C=O) groups excluding carboxylic acids is 1. The zero-order valence-electron chi connectivity index (χ0n) is 11.6. The fourth-order valence-electron chi connectivity index (χ4n) is 1.96. The fourth-order valence-corrected chi connectivity index (χ4v) is 1.96. The van der Waals surface area contributed by atoms with Gasteiger partial charge >= 0.3 is 12.0 Å². The number of carboxylic acid groups (broad SMARTS) is 1. The summed E-state index contributed by atoms with van der Waals surface area (Å²) in [6.07, 6.45) is 3.35. The average molecular weight is 256 g/mol. The zero-order chi connectivity index (χ0) is 13.7. The number of amides is 2. The summed E-state index contributed by atoms with van der Waals surface area (Å²) in [4.78, 5) is 26.4. The predicted octanol–water partition coefficient (Wildman–Crippen LogP) is 1.88. The van der Waals surface area contributed by atoms with Gasteiger partial charge in [-0.1, -0.05) is 13.8 Å². The van der Waals surface area contributed by atoms with Crippen LogP contribution >= 0.6 is 0 Å². The lowest BCUT2D eigenvalue weighted by Crippen LogP contribution is -2.44. The van der Waals surface area contributed by atoms with E-state index in [1.165, 1.54) is 17.7 Å². The van der Waals surface area contributed by atoms with Crippen LogP contribution in [0.5, 0.6) is 0 Å². The molecule has 0 saturated heterocycles. The van der Waals surface area contributed by atoms with E-state index in [1.807, 2.05) is 11.8 Å².